The van der Waals surface area contributed by atoms with Crippen LogP contribution in [0.15, 0.2) is 30.5 Å². The van der Waals surface area contributed by atoms with Crippen LogP contribution >= 0.6 is 0 Å². The van der Waals surface area contributed by atoms with Gasteiger partial charge in [0.1, 0.15) is 0 Å². The minimum atomic E-state index is -0.206. The fraction of sp³-hybridized carbons (Fsp3) is 0.500. The number of carbonyl (C=O) groups is 1. The van der Waals surface area contributed by atoms with E-state index in [2.05, 4.69) is 34.1 Å². The van der Waals surface area contributed by atoms with E-state index < -0.39 is 0 Å². The lowest BCUT2D eigenvalue weighted by molar-refractivity contribution is 0.0790. The second kappa shape index (κ2) is 7.04. The van der Waals surface area contributed by atoms with Gasteiger partial charge in [-0.15, -0.1) is 0 Å². The number of likely N-dealkylation sites (tertiary alicyclic amines) is 1. The van der Waals surface area contributed by atoms with E-state index in [1.807, 2.05) is 20.2 Å². The van der Waals surface area contributed by atoms with E-state index >= 15 is 0 Å². The van der Waals surface area contributed by atoms with Crippen LogP contribution in [0.5, 0.6) is 0 Å². The molecule has 124 valence electrons. The molecule has 0 atom stereocenters. The van der Waals surface area contributed by atoms with E-state index in [4.69, 9.17) is 4.74 Å². The van der Waals surface area contributed by atoms with Crippen molar-refractivity contribution in [2.24, 2.45) is 0 Å². The summed E-state index contributed by atoms with van der Waals surface area (Å²) in [6.45, 7) is 5.26. The molecule has 0 radical (unpaired) electrons. The Morgan fingerprint density at radius 2 is 2.13 bits per heavy atom. The zero-order valence-corrected chi connectivity index (χ0v) is 13.9. The van der Waals surface area contributed by atoms with Gasteiger partial charge in [0, 0.05) is 49.8 Å². The summed E-state index contributed by atoms with van der Waals surface area (Å²) in [6.07, 6.45) is 3.79. The van der Waals surface area contributed by atoms with Crippen molar-refractivity contribution in [1.82, 2.24) is 14.8 Å². The number of carbonyl (C=O) groups excluding carboxylic acids is 1. The van der Waals surface area contributed by atoms with Crippen molar-refractivity contribution < 1.29 is 9.53 Å². The van der Waals surface area contributed by atoms with Crippen LogP contribution < -0.4 is 0 Å². The van der Waals surface area contributed by atoms with Gasteiger partial charge in [0.2, 0.25) is 0 Å². The van der Waals surface area contributed by atoms with Gasteiger partial charge in [-0.1, -0.05) is 12.1 Å². The molecule has 2 heterocycles. The minimum absolute atomic E-state index is 0.206. The number of nitrogens with one attached hydrogen (secondary N) is 1. The smallest absolute Gasteiger partial charge is 0.409 e. The van der Waals surface area contributed by atoms with Gasteiger partial charge in [0.15, 0.2) is 0 Å². The van der Waals surface area contributed by atoms with Crippen molar-refractivity contribution in [2.45, 2.75) is 32.4 Å². The molecule has 0 aliphatic carbocycles. The Kier molecular flexibility index (Phi) is 4.86. The van der Waals surface area contributed by atoms with Crippen LogP contribution in [0.4, 0.5) is 4.79 Å². The average Bonchev–Trinajstić information content (AvgIpc) is 3.05. The molecule has 23 heavy (non-hydrogen) atoms. The monoisotopic (exact) mass is 315 g/mol. The molecular weight excluding hydrogens is 290 g/mol. The zero-order valence-electron chi connectivity index (χ0n) is 13.9. The van der Waals surface area contributed by atoms with Gasteiger partial charge in [-0.05, 0) is 37.5 Å². The maximum atomic E-state index is 11.8. The Morgan fingerprint density at radius 3 is 2.87 bits per heavy atom. The van der Waals surface area contributed by atoms with E-state index in [1.165, 1.54) is 16.5 Å². The Balaban J connectivity index is 1.57. The number of aromatic nitrogens is 1. The number of hydrogen-bond acceptors (Lipinski definition) is 3. The number of nitrogens with zero attached hydrogens (tertiary/aromatic N) is 2. The standard InChI is InChI=1S/C18H25N3O2/c1-3-23-18(22)20(2)15-8-11-21(12-9-15)13-14-5-4-6-17-16(14)7-10-19-17/h4-7,10,15,19H,3,8-9,11-13H2,1-2H3. The number of H-pyrrole nitrogens is 1. The van der Waals surface area contributed by atoms with Gasteiger partial charge in [-0.2, -0.15) is 0 Å². The quantitative estimate of drug-likeness (QED) is 0.942. The summed E-state index contributed by atoms with van der Waals surface area (Å²) in [7, 11) is 1.85. The Bertz CT molecular complexity index is 659. The number of rotatable bonds is 4. The number of piperidine rings is 1. The summed E-state index contributed by atoms with van der Waals surface area (Å²) in [4.78, 5) is 19.3. The molecule has 0 saturated carbocycles. The number of hydrogen-bond donors (Lipinski definition) is 1. The number of ether oxygens (including phenoxy) is 1. The summed E-state index contributed by atoms with van der Waals surface area (Å²) >= 11 is 0. The zero-order chi connectivity index (χ0) is 16.2. The van der Waals surface area contributed by atoms with Crippen molar-refractivity contribution in [3.05, 3.63) is 36.0 Å². The van der Waals surface area contributed by atoms with E-state index in [9.17, 15) is 4.79 Å². The molecule has 1 N–H and O–H groups in total. The number of aromatic amines is 1. The summed E-state index contributed by atoms with van der Waals surface area (Å²) in [6, 6.07) is 8.85. The molecule has 1 amide bonds. The molecule has 1 fully saturated rings. The Morgan fingerprint density at radius 1 is 1.35 bits per heavy atom. The molecule has 0 spiro atoms. The normalized spacial score (nSPS) is 16.6. The van der Waals surface area contributed by atoms with Gasteiger partial charge in [-0.3, -0.25) is 4.90 Å². The summed E-state index contributed by atoms with van der Waals surface area (Å²) in [5.74, 6) is 0. The molecular formula is C18H25N3O2. The first kappa shape index (κ1) is 15.9. The van der Waals surface area contributed by atoms with E-state index in [1.54, 1.807) is 4.90 Å². The second-order valence-corrected chi connectivity index (χ2v) is 6.17. The van der Waals surface area contributed by atoms with Crippen molar-refractivity contribution in [3.8, 4) is 0 Å². The molecule has 1 aliphatic rings. The van der Waals surface area contributed by atoms with Crippen LogP contribution in [0.25, 0.3) is 10.9 Å². The highest BCUT2D eigenvalue weighted by molar-refractivity contribution is 5.82. The fourth-order valence-electron chi connectivity index (χ4n) is 3.37. The average molecular weight is 315 g/mol. The molecule has 1 aromatic carbocycles. The number of benzene rings is 1. The number of amides is 1. The third-order valence-electron chi connectivity index (χ3n) is 4.74. The van der Waals surface area contributed by atoms with Crippen molar-refractivity contribution in [1.29, 1.82) is 0 Å². The highest BCUT2D eigenvalue weighted by Crippen LogP contribution is 2.22. The van der Waals surface area contributed by atoms with Gasteiger partial charge < -0.3 is 14.6 Å². The Labute approximate surface area is 137 Å². The van der Waals surface area contributed by atoms with Gasteiger partial charge in [0.05, 0.1) is 6.61 Å². The predicted molar refractivity (Wildman–Crippen MR) is 91.4 cm³/mol. The Hall–Kier alpha value is -2.01. The van der Waals surface area contributed by atoms with Gasteiger partial charge >= 0.3 is 6.09 Å². The maximum Gasteiger partial charge on any atom is 0.409 e. The summed E-state index contributed by atoms with van der Waals surface area (Å²) < 4.78 is 5.09. The molecule has 0 unspecified atom stereocenters. The lowest BCUT2D eigenvalue weighted by atomic mass is 10.0. The van der Waals surface area contributed by atoms with E-state index in [0.29, 0.717) is 6.61 Å². The van der Waals surface area contributed by atoms with Crippen molar-refractivity contribution in [2.75, 3.05) is 26.7 Å². The molecule has 5 heteroatoms. The summed E-state index contributed by atoms with van der Waals surface area (Å²) in [5, 5.41) is 1.30. The van der Waals surface area contributed by atoms with Crippen LogP contribution in [0.2, 0.25) is 0 Å². The molecule has 0 bridgehead atoms. The van der Waals surface area contributed by atoms with Crippen LogP contribution in [0.1, 0.15) is 25.3 Å². The van der Waals surface area contributed by atoms with Crippen LogP contribution in [-0.2, 0) is 11.3 Å². The molecule has 3 rings (SSSR count). The second-order valence-electron chi connectivity index (χ2n) is 6.17. The van der Waals surface area contributed by atoms with Crippen LogP contribution in [-0.4, -0.2) is 53.7 Å². The molecule has 1 aliphatic heterocycles. The molecule has 1 saturated heterocycles. The summed E-state index contributed by atoms with van der Waals surface area (Å²) in [5.41, 5.74) is 2.56. The van der Waals surface area contributed by atoms with Crippen molar-refractivity contribution in [3.63, 3.8) is 0 Å². The van der Waals surface area contributed by atoms with E-state index in [-0.39, 0.29) is 12.1 Å². The van der Waals surface area contributed by atoms with Crippen LogP contribution in [0, 0.1) is 0 Å². The van der Waals surface area contributed by atoms with Gasteiger partial charge in [0.25, 0.3) is 0 Å². The SMILES string of the molecule is CCOC(=O)N(C)C1CCN(Cc2cccc3[nH]ccc23)CC1. The third-order valence-corrected chi connectivity index (χ3v) is 4.74. The highest BCUT2D eigenvalue weighted by Gasteiger charge is 2.26. The minimum Gasteiger partial charge on any atom is -0.450 e. The molecule has 2 aromatic rings. The lowest BCUT2D eigenvalue weighted by Crippen LogP contribution is -2.45. The first-order chi connectivity index (χ1) is 11.2. The third kappa shape index (κ3) is 3.50. The maximum absolute atomic E-state index is 11.8. The first-order valence-electron chi connectivity index (χ1n) is 8.36. The molecule has 1 aromatic heterocycles. The number of fused-ring (bicyclic) bond motifs is 1. The largest absolute Gasteiger partial charge is 0.450 e. The van der Waals surface area contributed by atoms with Crippen molar-refractivity contribution >= 4 is 17.0 Å². The fourth-order valence-corrected chi connectivity index (χ4v) is 3.37. The lowest BCUT2D eigenvalue weighted by Gasteiger charge is -2.36. The van der Waals surface area contributed by atoms with E-state index in [0.717, 1.165) is 32.5 Å². The predicted octanol–water partition coefficient (Wildman–Crippen LogP) is 3.22. The topological polar surface area (TPSA) is 48.6 Å². The molecule has 5 nitrogen and oxygen atoms in total. The first-order valence-corrected chi connectivity index (χ1v) is 8.36. The van der Waals surface area contributed by atoms with Gasteiger partial charge in [-0.25, -0.2) is 4.79 Å². The van der Waals surface area contributed by atoms with Crippen LogP contribution in [0.3, 0.4) is 0 Å². The highest BCUT2D eigenvalue weighted by atomic mass is 16.6.